The van der Waals surface area contributed by atoms with Crippen molar-refractivity contribution in [2.75, 3.05) is 16.8 Å². The zero-order valence-corrected chi connectivity index (χ0v) is 16.1. The molecule has 0 fully saturated rings. The normalized spacial score (nSPS) is 19.8. The van der Waals surface area contributed by atoms with Crippen LogP contribution in [0.4, 0.5) is 11.5 Å². The molecular formula is C23H20N4O2. The topological polar surface area (TPSA) is 67.2 Å². The summed E-state index contributed by atoms with van der Waals surface area (Å²) >= 11 is 0. The Morgan fingerprint density at radius 3 is 2.72 bits per heavy atom. The second-order valence-corrected chi connectivity index (χ2v) is 7.51. The third-order valence-corrected chi connectivity index (χ3v) is 5.74. The molecule has 1 atom stereocenters. The van der Waals surface area contributed by atoms with E-state index in [0.29, 0.717) is 12.4 Å². The van der Waals surface area contributed by atoms with Crippen LogP contribution >= 0.6 is 0 Å². The lowest BCUT2D eigenvalue weighted by Crippen LogP contribution is -2.46. The number of nitrogens with one attached hydrogen (secondary N) is 1. The van der Waals surface area contributed by atoms with E-state index in [1.165, 1.54) is 0 Å². The molecule has 2 aliphatic heterocycles. The summed E-state index contributed by atoms with van der Waals surface area (Å²) in [5.41, 5.74) is 3.20. The molecule has 1 unspecified atom stereocenters. The van der Waals surface area contributed by atoms with Gasteiger partial charge in [0, 0.05) is 24.2 Å². The standard InChI is InChI=1S/C23H20N4O2/c1-3-11-26-19-10-9-15(2)12-17(19)23(22(26)29)13-20(28)25-21-18(23)14-24-27(21)16-7-5-4-6-8-16/h3-10,12,14H,1,11,13H2,2H3,(H,25,28). The Labute approximate surface area is 168 Å². The summed E-state index contributed by atoms with van der Waals surface area (Å²) in [5, 5.41) is 7.47. The van der Waals surface area contributed by atoms with Crippen molar-refractivity contribution in [3.8, 4) is 5.69 Å². The Kier molecular flexibility index (Phi) is 3.71. The molecule has 3 aromatic rings. The summed E-state index contributed by atoms with van der Waals surface area (Å²) in [6, 6.07) is 15.5. The minimum atomic E-state index is -1.07. The van der Waals surface area contributed by atoms with Gasteiger partial charge in [-0.15, -0.1) is 6.58 Å². The van der Waals surface area contributed by atoms with Gasteiger partial charge in [0.1, 0.15) is 11.2 Å². The van der Waals surface area contributed by atoms with Crippen LogP contribution in [-0.2, 0) is 15.0 Å². The van der Waals surface area contributed by atoms with Crippen LogP contribution in [0.1, 0.15) is 23.1 Å². The fraction of sp³-hybridized carbons (Fsp3) is 0.174. The maximum Gasteiger partial charge on any atom is 0.243 e. The lowest BCUT2D eigenvalue weighted by molar-refractivity contribution is -0.126. The van der Waals surface area contributed by atoms with Crippen LogP contribution in [0.3, 0.4) is 0 Å². The molecule has 144 valence electrons. The first kappa shape index (κ1) is 17.4. The highest BCUT2D eigenvalue weighted by Gasteiger charge is 2.57. The number of carbonyl (C=O) groups excluding carboxylic acids is 2. The number of benzene rings is 2. The quantitative estimate of drug-likeness (QED) is 0.705. The number of rotatable bonds is 3. The molecule has 0 saturated carbocycles. The van der Waals surface area contributed by atoms with Gasteiger partial charge in [0.25, 0.3) is 0 Å². The number of anilines is 2. The highest BCUT2D eigenvalue weighted by Crippen LogP contribution is 2.52. The van der Waals surface area contributed by atoms with Gasteiger partial charge in [-0.25, -0.2) is 4.68 Å². The van der Waals surface area contributed by atoms with Crippen molar-refractivity contribution in [2.24, 2.45) is 0 Å². The second-order valence-electron chi connectivity index (χ2n) is 7.51. The first-order valence-electron chi connectivity index (χ1n) is 9.54. The highest BCUT2D eigenvalue weighted by molar-refractivity contribution is 6.16. The minimum absolute atomic E-state index is 0.0589. The predicted molar refractivity (Wildman–Crippen MR) is 111 cm³/mol. The second kappa shape index (κ2) is 6.17. The van der Waals surface area contributed by atoms with E-state index in [0.717, 1.165) is 28.1 Å². The van der Waals surface area contributed by atoms with Crippen molar-refractivity contribution in [3.05, 3.63) is 84.1 Å². The molecule has 6 nitrogen and oxygen atoms in total. The van der Waals surface area contributed by atoms with E-state index >= 15 is 0 Å². The largest absolute Gasteiger partial charge is 0.310 e. The number of nitrogens with zero attached hydrogens (tertiary/aromatic N) is 3. The molecule has 1 aromatic heterocycles. The molecule has 5 rings (SSSR count). The van der Waals surface area contributed by atoms with Gasteiger partial charge in [-0.05, 0) is 30.7 Å². The number of hydrogen-bond acceptors (Lipinski definition) is 3. The van der Waals surface area contributed by atoms with Gasteiger partial charge in [-0.1, -0.05) is 42.0 Å². The Morgan fingerprint density at radius 1 is 1.17 bits per heavy atom. The first-order chi connectivity index (χ1) is 14.1. The monoisotopic (exact) mass is 384 g/mol. The van der Waals surface area contributed by atoms with Crippen molar-refractivity contribution >= 4 is 23.3 Å². The molecule has 2 aliphatic rings. The first-order valence-corrected chi connectivity index (χ1v) is 9.54. The zero-order chi connectivity index (χ0) is 20.2. The van der Waals surface area contributed by atoms with E-state index in [-0.39, 0.29) is 18.2 Å². The van der Waals surface area contributed by atoms with Crippen LogP contribution in [0.15, 0.2) is 67.4 Å². The van der Waals surface area contributed by atoms with Crippen molar-refractivity contribution < 1.29 is 9.59 Å². The molecule has 6 heteroatoms. The summed E-state index contributed by atoms with van der Waals surface area (Å²) in [5.74, 6) is 0.242. The van der Waals surface area contributed by atoms with Gasteiger partial charge in [-0.2, -0.15) is 5.10 Å². The number of fused-ring (bicyclic) bond motifs is 4. The number of hydrogen-bond donors (Lipinski definition) is 1. The van der Waals surface area contributed by atoms with E-state index in [4.69, 9.17) is 0 Å². The maximum atomic E-state index is 13.8. The van der Waals surface area contributed by atoms with E-state index in [1.807, 2.05) is 55.5 Å². The molecule has 3 heterocycles. The minimum Gasteiger partial charge on any atom is -0.310 e. The van der Waals surface area contributed by atoms with E-state index in [2.05, 4.69) is 17.0 Å². The summed E-state index contributed by atoms with van der Waals surface area (Å²) in [4.78, 5) is 28.3. The molecule has 1 N–H and O–H groups in total. The summed E-state index contributed by atoms with van der Waals surface area (Å²) in [6.45, 7) is 6.18. The van der Waals surface area contributed by atoms with Gasteiger partial charge in [0.15, 0.2) is 0 Å². The van der Waals surface area contributed by atoms with Crippen molar-refractivity contribution in [3.63, 3.8) is 0 Å². The third-order valence-electron chi connectivity index (χ3n) is 5.74. The van der Waals surface area contributed by atoms with E-state index < -0.39 is 5.41 Å². The van der Waals surface area contributed by atoms with Crippen LogP contribution in [0, 0.1) is 6.92 Å². The average molecular weight is 384 g/mol. The average Bonchev–Trinajstić information content (AvgIpc) is 3.23. The van der Waals surface area contributed by atoms with Crippen LogP contribution in [0.25, 0.3) is 5.69 Å². The highest BCUT2D eigenvalue weighted by atomic mass is 16.2. The molecule has 2 amide bonds. The van der Waals surface area contributed by atoms with Crippen LogP contribution in [-0.4, -0.2) is 28.1 Å². The number of amides is 2. The smallest absolute Gasteiger partial charge is 0.243 e. The Morgan fingerprint density at radius 2 is 1.97 bits per heavy atom. The maximum absolute atomic E-state index is 13.8. The summed E-state index contributed by atoms with van der Waals surface area (Å²) in [7, 11) is 0. The number of carbonyl (C=O) groups is 2. The molecule has 0 aliphatic carbocycles. The number of aryl methyl sites for hydroxylation is 1. The summed E-state index contributed by atoms with van der Waals surface area (Å²) < 4.78 is 1.69. The van der Waals surface area contributed by atoms with Crippen molar-refractivity contribution in [1.29, 1.82) is 0 Å². The number of para-hydroxylation sites is 1. The van der Waals surface area contributed by atoms with Gasteiger partial charge in [0.05, 0.1) is 11.9 Å². The molecule has 2 aromatic carbocycles. The zero-order valence-electron chi connectivity index (χ0n) is 16.1. The predicted octanol–water partition coefficient (Wildman–Crippen LogP) is 3.34. The molecule has 0 saturated heterocycles. The fourth-order valence-corrected chi connectivity index (χ4v) is 4.48. The number of aromatic nitrogens is 2. The van der Waals surface area contributed by atoms with E-state index in [1.54, 1.807) is 21.9 Å². The fourth-order valence-electron chi connectivity index (χ4n) is 4.48. The molecule has 1 spiro atoms. The van der Waals surface area contributed by atoms with Crippen LogP contribution in [0.5, 0.6) is 0 Å². The lowest BCUT2D eigenvalue weighted by atomic mass is 9.71. The molecule has 0 bridgehead atoms. The summed E-state index contributed by atoms with van der Waals surface area (Å²) in [6.07, 6.45) is 3.48. The third kappa shape index (κ3) is 2.32. The van der Waals surface area contributed by atoms with E-state index in [9.17, 15) is 9.59 Å². The Balaban J connectivity index is 1.78. The van der Waals surface area contributed by atoms with Crippen molar-refractivity contribution in [1.82, 2.24) is 9.78 Å². The lowest BCUT2D eigenvalue weighted by Gasteiger charge is -2.32. The molecule has 29 heavy (non-hydrogen) atoms. The Bertz CT molecular complexity index is 1160. The van der Waals surface area contributed by atoms with Gasteiger partial charge < -0.3 is 10.2 Å². The van der Waals surface area contributed by atoms with Crippen LogP contribution < -0.4 is 10.2 Å². The van der Waals surface area contributed by atoms with Gasteiger partial charge >= 0.3 is 0 Å². The Hall–Kier alpha value is -3.67. The van der Waals surface area contributed by atoms with Gasteiger partial charge in [-0.3, -0.25) is 9.59 Å². The van der Waals surface area contributed by atoms with Crippen molar-refractivity contribution in [2.45, 2.75) is 18.8 Å². The molecule has 0 radical (unpaired) electrons. The SMILES string of the molecule is C=CCN1C(=O)C2(CC(=O)Nc3c2cnn3-c2ccccc2)c2cc(C)ccc21. The van der Waals surface area contributed by atoms with Gasteiger partial charge in [0.2, 0.25) is 11.8 Å². The van der Waals surface area contributed by atoms with Crippen LogP contribution in [0.2, 0.25) is 0 Å². The molecular weight excluding hydrogens is 364 g/mol.